The molecular formula is C17H18NO2Y-. The first-order valence-electron chi connectivity index (χ1n) is 7.01. The Kier molecular flexibility index (Phi) is 5.18. The number of aromatic amines is 1. The van der Waals surface area contributed by atoms with E-state index < -0.39 is 5.60 Å². The molecule has 1 aliphatic heterocycles. The number of hydrogen-bond donors (Lipinski definition) is 1. The molecule has 2 heterocycles. The molecule has 1 unspecified atom stereocenters. The van der Waals surface area contributed by atoms with Crippen LogP contribution in [0.2, 0.25) is 0 Å². The summed E-state index contributed by atoms with van der Waals surface area (Å²) in [7, 11) is 0. The Morgan fingerprint density at radius 2 is 2.33 bits per heavy atom. The van der Waals surface area contributed by atoms with E-state index >= 15 is 0 Å². The summed E-state index contributed by atoms with van der Waals surface area (Å²) >= 11 is 0. The monoisotopic (exact) mass is 357 g/mol. The maximum absolute atomic E-state index is 11.0. The molecule has 0 saturated heterocycles. The summed E-state index contributed by atoms with van der Waals surface area (Å²) in [4.78, 5) is 14.4. The normalized spacial score (nSPS) is 20.6. The maximum Gasteiger partial charge on any atom is 0.0843 e. The molecule has 1 N–H and O–H groups in total. The largest absolute Gasteiger partial charge is 0.542 e. The molecule has 0 bridgehead atoms. The van der Waals surface area contributed by atoms with E-state index in [1.165, 1.54) is 10.9 Å². The molecule has 1 aliphatic rings. The molecule has 1 aromatic heterocycles. The molecule has 1 aromatic carbocycles. The molecule has 0 amide bonds. The quantitative estimate of drug-likeness (QED) is 0.852. The average molecular weight is 357 g/mol. The molecule has 0 spiro atoms. The molecule has 21 heavy (non-hydrogen) atoms. The Bertz CT molecular complexity index is 677. The summed E-state index contributed by atoms with van der Waals surface area (Å²) in [5.41, 5.74) is 3.93. The Labute approximate surface area is 150 Å². The van der Waals surface area contributed by atoms with Crippen LogP contribution in [0, 0.1) is 0 Å². The van der Waals surface area contributed by atoms with Crippen molar-refractivity contribution in [3.8, 4) is 0 Å². The fourth-order valence-electron chi connectivity index (χ4n) is 3.20. The zero-order valence-corrected chi connectivity index (χ0v) is 15.1. The summed E-state index contributed by atoms with van der Waals surface area (Å²) in [6, 6.07) is 6.20. The third-order valence-corrected chi connectivity index (χ3v) is 4.31. The Morgan fingerprint density at radius 1 is 1.52 bits per heavy atom. The van der Waals surface area contributed by atoms with E-state index in [0.29, 0.717) is 6.61 Å². The van der Waals surface area contributed by atoms with Crippen LogP contribution >= 0.6 is 0 Å². The molecule has 107 valence electrons. The van der Waals surface area contributed by atoms with Gasteiger partial charge in [-0.15, -0.1) is 6.42 Å². The maximum atomic E-state index is 11.0. The standard InChI is InChI=1S/C17H18NO2.Y/c1-3-12-6-5-7-13-14-8-11-20-17(4-2,9-10-19)16(14)18-15(12)13;/h3,5-7,18H,1,4,8-9,11H2,2H3;/q-1;. The van der Waals surface area contributed by atoms with Crippen LogP contribution in [0.4, 0.5) is 0 Å². The van der Waals surface area contributed by atoms with E-state index in [4.69, 9.17) is 4.74 Å². The van der Waals surface area contributed by atoms with Gasteiger partial charge in [0.15, 0.2) is 0 Å². The fourth-order valence-corrected chi connectivity index (χ4v) is 3.20. The van der Waals surface area contributed by atoms with Crippen LogP contribution in [0.15, 0.2) is 24.8 Å². The van der Waals surface area contributed by atoms with Crippen LogP contribution in [0.1, 0.15) is 36.6 Å². The number of nitrogens with one attached hydrogen (secondary N) is 1. The van der Waals surface area contributed by atoms with E-state index in [1.54, 1.807) is 0 Å². The van der Waals surface area contributed by atoms with Crippen molar-refractivity contribution < 1.29 is 42.2 Å². The molecule has 3 nitrogen and oxygen atoms in total. The third kappa shape index (κ3) is 2.56. The van der Waals surface area contributed by atoms with Crippen molar-refractivity contribution in [1.29, 1.82) is 0 Å². The zero-order chi connectivity index (χ0) is 14.2. The van der Waals surface area contributed by atoms with Crippen LogP contribution < -0.4 is 0 Å². The van der Waals surface area contributed by atoms with Gasteiger partial charge in [0.05, 0.1) is 17.7 Å². The second kappa shape index (κ2) is 6.56. The van der Waals surface area contributed by atoms with E-state index in [-0.39, 0.29) is 39.1 Å². The summed E-state index contributed by atoms with van der Waals surface area (Å²) in [6.07, 6.45) is 5.78. The third-order valence-electron chi connectivity index (χ3n) is 4.31. The van der Waals surface area contributed by atoms with Crippen molar-refractivity contribution in [2.45, 2.75) is 31.8 Å². The van der Waals surface area contributed by atoms with Crippen molar-refractivity contribution in [3.63, 3.8) is 0 Å². The van der Waals surface area contributed by atoms with E-state index in [0.717, 1.165) is 29.6 Å². The summed E-state index contributed by atoms with van der Waals surface area (Å²) in [6.45, 7) is 6.56. The first-order chi connectivity index (χ1) is 9.75. The van der Waals surface area contributed by atoms with Gasteiger partial charge in [-0.05, 0) is 24.0 Å². The predicted octanol–water partition coefficient (Wildman–Crippen LogP) is 3.49. The van der Waals surface area contributed by atoms with Crippen LogP contribution in [0.3, 0.4) is 0 Å². The fraction of sp³-hybridized carbons (Fsp3) is 0.353. The number of rotatable bonds is 4. The van der Waals surface area contributed by atoms with Crippen LogP contribution in [0.5, 0.6) is 0 Å². The summed E-state index contributed by atoms with van der Waals surface area (Å²) in [5, 5.41) is 1.21. The average Bonchev–Trinajstić information content (AvgIpc) is 2.87. The van der Waals surface area contributed by atoms with Crippen molar-refractivity contribution in [2.75, 3.05) is 6.61 Å². The smallest absolute Gasteiger partial charge is 0.0843 e. The second-order valence-corrected chi connectivity index (χ2v) is 5.22. The van der Waals surface area contributed by atoms with Gasteiger partial charge in [-0.3, -0.25) is 6.29 Å². The van der Waals surface area contributed by atoms with Crippen molar-refractivity contribution >= 4 is 23.3 Å². The Balaban J connectivity index is 0.00000161. The minimum absolute atomic E-state index is 0. The van der Waals surface area contributed by atoms with E-state index in [2.05, 4.69) is 17.6 Å². The number of ether oxygens (including phenoxy) is 1. The number of fused-ring (bicyclic) bond motifs is 3. The molecule has 1 radical (unpaired) electrons. The van der Waals surface area contributed by atoms with Crippen LogP contribution in [-0.2, 0) is 54.3 Å². The number of hydrogen-bond acceptors (Lipinski definition) is 2. The predicted molar refractivity (Wildman–Crippen MR) is 80.3 cm³/mol. The number of benzene rings is 1. The van der Waals surface area contributed by atoms with Gasteiger partial charge in [-0.1, -0.05) is 37.8 Å². The van der Waals surface area contributed by atoms with Gasteiger partial charge < -0.3 is 14.5 Å². The van der Waals surface area contributed by atoms with Gasteiger partial charge in [0.2, 0.25) is 0 Å². The van der Waals surface area contributed by atoms with Crippen LogP contribution in [0.25, 0.3) is 17.0 Å². The summed E-state index contributed by atoms with van der Waals surface area (Å²) in [5.74, 6) is 0. The summed E-state index contributed by atoms with van der Waals surface area (Å²) < 4.78 is 5.97. The van der Waals surface area contributed by atoms with E-state index in [9.17, 15) is 4.79 Å². The minimum atomic E-state index is -0.549. The molecule has 2 aromatic rings. The number of H-pyrrole nitrogens is 1. The molecule has 3 rings (SSSR count). The number of carbonyl (C=O) groups excluding carboxylic acids is 1. The molecule has 4 heteroatoms. The van der Waals surface area contributed by atoms with E-state index in [1.807, 2.05) is 31.4 Å². The molecule has 0 aliphatic carbocycles. The van der Waals surface area contributed by atoms with Gasteiger partial charge in [-0.25, -0.2) is 0 Å². The second-order valence-electron chi connectivity index (χ2n) is 5.22. The SMILES string of the molecule is C=Cc1cccc2c3c([nH]c12)C(CC)(C[C-]=O)OCC3.[Y]. The van der Waals surface area contributed by atoms with Gasteiger partial charge in [0.1, 0.15) is 0 Å². The number of para-hydroxylation sites is 1. The van der Waals surface area contributed by atoms with Crippen LogP contribution in [-0.4, -0.2) is 17.9 Å². The molecule has 0 saturated carbocycles. The van der Waals surface area contributed by atoms with Gasteiger partial charge in [-0.2, -0.15) is 0 Å². The first-order valence-corrected chi connectivity index (χ1v) is 7.01. The Morgan fingerprint density at radius 3 is 3.00 bits per heavy atom. The van der Waals surface area contributed by atoms with Gasteiger partial charge in [0.25, 0.3) is 0 Å². The first kappa shape index (κ1) is 16.6. The molecule has 1 atom stereocenters. The molecular weight excluding hydrogens is 339 g/mol. The Hall–Kier alpha value is -0.766. The number of aromatic nitrogens is 1. The van der Waals surface area contributed by atoms with Crippen molar-refractivity contribution in [2.24, 2.45) is 0 Å². The topological polar surface area (TPSA) is 42.1 Å². The zero-order valence-electron chi connectivity index (χ0n) is 12.2. The van der Waals surface area contributed by atoms with Crippen molar-refractivity contribution in [1.82, 2.24) is 4.98 Å². The minimum Gasteiger partial charge on any atom is -0.542 e. The van der Waals surface area contributed by atoms with Gasteiger partial charge in [0, 0.05) is 43.8 Å². The van der Waals surface area contributed by atoms with Gasteiger partial charge >= 0.3 is 0 Å². The molecule has 0 fully saturated rings. The van der Waals surface area contributed by atoms with Crippen molar-refractivity contribution in [3.05, 3.63) is 41.6 Å².